The number of nitrogens with zero attached hydrogens (tertiary/aromatic N) is 2. The number of sulfonamides is 1. The number of hydrogen-bond donors (Lipinski definition) is 2. The van der Waals surface area contributed by atoms with Crippen molar-refractivity contribution >= 4 is 49.2 Å². The Kier molecular flexibility index (Phi) is 7.81. The number of nitrogens with one attached hydrogen (secondary N) is 2. The molecule has 1 aromatic heterocycles. The molecule has 0 bridgehead atoms. The zero-order chi connectivity index (χ0) is 20.2. The molecule has 0 radical (unpaired) electrons. The molecule has 11 heteroatoms. The van der Waals surface area contributed by atoms with E-state index in [1.54, 1.807) is 19.1 Å². The van der Waals surface area contributed by atoms with Crippen LogP contribution < -0.4 is 10.6 Å². The summed E-state index contributed by atoms with van der Waals surface area (Å²) in [7, 11) is -3.51. The van der Waals surface area contributed by atoms with Crippen molar-refractivity contribution in [2.24, 2.45) is 5.92 Å². The Labute approximate surface area is 172 Å². The molecule has 8 nitrogen and oxygen atoms in total. The van der Waals surface area contributed by atoms with Gasteiger partial charge in [0.25, 0.3) is 10.0 Å². The van der Waals surface area contributed by atoms with Gasteiger partial charge in [0.1, 0.15) is 4.21 Å². The highest BCUT2D eigenvalue weighted by Gasteiger charge is 2.32. The molecule has 152 valence electrons. The Balaban J connectivity index is 1.87. The molecule has 0 aliphatic carbocycles. The van der Waals surface area contributed by atoms with Crippen molar-refractivity contribution in [1.82, 2.24) is 19.8 Å². The van der Waals surface area contributed by atoms with Crippen molar-refractivity contribution in [2.75, 3.05) is 32.7 Å². The topological polar surface area (TPSA) is 98.8 Å². The lowest BCUT2D eigenvalue weighted by atomic mass is 10.2. The van der Waals surface area contributed by atoms with Crippen molar-refractivity contribution in [3.63, 3.8) is 0 Å². The third-order valence-corrected chi connectivity index (χ3v) is 8.24. The summed E-state index contributed by atoms with van der Waals surface area (Å²) < 4.78 is 27.8. The van der Waals surface area contributed by atoms with Crippen molar-refractivity contribution in [2.45, 2.75) is 31.0 Å². The second-order valence-electron chi connectivity index (χ2n) is 6.77. The van der Waals surface area contributed by atoms with E-state index in [-0.39, 0.29) is 0 Å². The van der Waals surface area contributed by atoms with Crippen LogP contribution >= 0.6 is 27.3 Å². The van der Waals surface area contributed by atoms with Gasteiger partial charge in [-0.15, -0.1) is 11.3 Å². The number of piperazine rings is 1. The van der Waals surface area contributed by atoms with Crippen LogP contribution in [0.2, 0.25) is 0 Å². The van der Waals surface area contributed by atoms with E-state index in [4.69, 9.17) is 0 Å². The fraction of sp³-hybridized carbons (Fsp3) is 0.625. The van der Waals surface area contributed by atoms with Gasteiger partial charge in [-0.3, -0.25) is 15.0 Å². The fourth-order valence-electron chi connectivity index (χ4n) is 2.62. The fourth-order valence-corrected chi connectivity index (χ4v) is 6.20. The summed E-state index contributed by atoms with van der Waals surface area (Å²) in [4.78, 5) is 25.9. The minimum atomic E-state index is -3.51. The number of carbonyl (C=O) groups excluding carboxylic acids is 2. The van der Waals surface area contributed by atoms with Gasteiger partial charge >= 0.3 is 6.03 Å². The Bertz CT molecular complexity index is 773. The highest BCUT2D eigenvalue weighted by Crippen LogP contribution is 2.29. The highest BCUT2D eigenvalue weighted by molar-refractivity contribution is 9.11. The lowest BCUT2D eigenvalue weighted by Crippen LogP contribution is -2.56. The molecule has 1 unspecified atom stereocenters. The SMILES string of the molecule is CC(C)CNC(=O)NC(=O)C(C)N1CCN(S(=O)(=O)c2ccc(Br)s2)CC1. The lowest BCUT2D eigenvalue weighted by Gasteiger charge is -2.36. The lowest BCUT2D eigenvalue weighted by molar-refractivity contribution is -0.125. The van der Waals surface area contributed by atoms with Crippen LogP contribution in [0.5, 0.6) is 0 Å². The van der Waals surface area contributed by atoms with E-state index in [1.807, 2.05) is 18.7 Å². The molecule has 2 N–H and O–H groups in total. The molecule has 1 fully saturated rings. The first-order valence-electron chi connectivity index (χ1n) is 8.69. The van der Waals surface area contributed by atoms with Crippen LogP contribution in [0, 0.1) is 5.92 Å². The number of amides is 3. The molecule has 0 saturated carbocycles. The third kappa shape index (κ3) is 5.98. The molecule has 0 aromatic carbocycles. The van der Waals surface area contributed by atoms with Gasteiger partial charge in [-0.1, -0.05) is 13.8 Å². The predicted molar refractivity (Wildman–Crippen MR) is 108 cm³/mol. The van der Waals surface area contributed by atoms with Crippen LogP contribution in [-0.4, -0.2) is 68.3 Å². The highest BCUT2D eigenvalue weighted by atomic mass is 79.9. The molecule has 0 spiro atoms. The van der Waals surface area contributed by atoms with E-state index in [2.05, 4.69) is 26.6 Å². The maximum absolute atomic E-state index is 12.6. The summed E-state index contributed by atoms with van der Waals surface area (Å²) in [6, 6.07) is 2.27. The summed E-state index contributed by atoms with van der Waals surface area (Å²) >= 11 is 4.46. The number of halogens is 1. The van der Waals surface area contributed by atoms with Crippen LogP contribution in [0.3, 0.4) is 0 Å². The van der Waals surface area contributed by atoms with Gasteiger partial charge in [-0.25, -0.2) is 13.2 Å². The Morgan fingerprint density at radius 2 is 1.81 bits per heavy atom. The van der Waals surface area contributed by atoms with Crippen LogP contribution in [0.15, 0.2) is 20.1 Å². The average Bonchev–Trinajstić information content (AvgIpc) is 3.06. The second-order valence-corrected chi connectivity index (χ2v) is 11.4. The van der Waals surface area contributed by atoms with Crippen molar-refractivity contribution in [3.8, 4) is 0 Å². The molecular weight excluding hydrogens is 456 g/mol. The van der Waals surface area contributed by atoms with Gasteiger partial charge in [0.05, 0.1) is 9.83 Å². The van der Waals surface area contributed by atoms with Crippen molar-refractivity contribution in [3.05, 3.63) is 15.9 Å². The van der Waals surface area contributed by atoms with Gasteiger partial charge in [-0.2, -0.15) is 4.31 Å². The summed E-state index contributed by atoms with van der Waals surface area (Å²) in [6.07, 6.45) is 0. The Hall–Kier alpha value is -1.01. The largest absolute Gasteiger partial charge is 0.338 e. The molecule has 2 rings (SSSR count). The number of urea groups is 1. The van der Waals surface area contributed by atoms with Crippen molar-refractivity contribution in [1.29, 1.82) is 0 Å². The Morgan fingerprint density at radius 1 is 1.19 bits per heavy atom. The number of hydrogen-bond acceptors (Lipinski definition) is 6. The van der Waals surface area contributed by atoms with Crippen LogP contribution in [0.4, 0.5) is 4.79 Å². The first-order chi connectivity index (χ1) is 12.6. The van der Waals surface area contributed by atoms with E-state index >= 15 is 0 Å². The smallest absolute Gasteiger partial charge is 0.321 e. The number of rotatable bonds is 6. The molecule has 2 heterocycles. The average molecular weight is 481 g/mol. The van der Waals surface area contributed by atoms with E-state index in [9.17, 15) is 18.0 Å². The van der Waals surface area contributed by atoms with E-state index in [0.717, 1.165) is 3.79 Å². The molecule has 1 atom stereocenters. The van der Waals surface area contributed by atoms with Gasteiger partial charge in [0.15, 0.2) is 0 Å². The summed E-state index contributed by atoms with van der Waals surface area (Å²) in [5.74, 6) is -0.1000. The summed E-state index contributed by atoms with van der Waals surface area (Å²) in [5.41, 5.74) is 0. The van der Waals surface area contributed by atoms with Crippen LogP contribution in [0.1, 0.15) is 20.8 Å². The quantitative estimate of drug-likeness (QED) is 0.645. The van der Waals surface area contributed by atoms with Crippen LogP contribution in [0.25, 0.3) is 0 Å². The number of thiophene rings is 1. The molecular formula is C16H25BrN4O4S2. The van der Waals surface area contributed by atoms with Gasteiger partial charge in [-0.05, 0) is 40.9 Å². The predicted octanol–water partition coefficient (Wildman–Crippen LogP) is 1.69. The minimum absolute atomic E-state index is 0.294. The second kappa shape index (κ2) is 9.46. The van der Waals surface area contributed by atoms with Crippen molar-refractivity contribution < 1.29 is 18.0 Å². The standard InChI is InChI=1S/C16H25BrN4O4S2/c1-11(2)10-18-16(23)19-15(22)12(3)20-6-8-21(9-7-20)27(24,25)14-5-4-13(17)26-14/h4-5,11-12H,6-10H2,1-3H3,(H2,18,19,22,23). The molecule has 1 aromatic rings. The molecule has 3 amide bonds. The number of carbonyl (C=O) groups is 2. The molecule has 1 saturated heterocycles. The monoisotopic (exact) mass is 480 g/mol. The molecule has 1 aliphatic rings. The van der Waals surface area contributed by atoms with E-state index in [1.165, 1.54) is 15.6 Å². The third-order valence-electron chi connectivity index (χ3n) is 4.25. The molecule has 27 heavy (non-hydrogen) atoms. The van der Waals surface area contributed by atoms with Gasteiger partial charge < -0.3 is 5.32 Å². The first kappa shape index (κ1) is 22.3. The maximum Gasteiger partial charge on any atom is 0.321 e. The maximum atomic E-state index is 12.6. The van der Waals surface area contributed by atoms with E-state index < -0.39 is 28.0 Å². The Morgan fingerprint density at radius 3 is 2.33 bits per heavy atom. The number of imide groups is 1. The molecule has 1 aliphatic heterocycles. The normalized spacial score (nSPS) is 17.7. The first-order valence-corrected chi connectivity index (χ1v) is 11.7. The summed E-state index contributed by atoms with van der Waals surface area (Å²) in [5, 5.41) is 4.97. The minimum Gasteiger partial charge on any atom is -0.338 e. The zero-order valence-corrected chi connectivity index (χ0v) is 18.8. The van der Waals surface area contributed by atoms with E-state index in [0.29, 0.717) is 42.9 Å². The van der Waals surface area contributed by atoms with Crippen LogP contribution in [-0.2, 0) is 14.8 Å². The van der Waals surface area contributed by atoms with Gasteiger partial charge in [0.2, 0.25) is 5.91 Å². The van der Waals surface area contributed by atoms with Gasteiger partial charge in [0, 0.05) is 32.7 Å². The zero-order valence-electron chi connectivity index (χ0n) is 15.6. The summed E-state index contributed by atoms with van der Waals surface area (Å²) in [6.45, 7) is 7.58.